The standard InChI is InChI=1S/C38H46F3N3O4Si.C24H28ClF2NO2Si.C24H26F3N3O2.C19H27FN2O4.4CH4/c1-37(2,3)49(5,6)48-26-38(29-15-11-8-12-16-29)22-28(31-21-30(39)17-18-32(31)40)23-44(38)35(45)42(4)34-19-20-43(24-33(34)41)36(46)47-25-27-13-9-7-10-14-27;1-23(2,3)31(4,5)30-16-24(18-9-7-6-8-10-18)14-17(15-28(24)22(25)29)20-13-19(26)11-12-21(20)27;1-29(22-9-10-28-13-21(22)27)23(32)30-14-16(19-11-18(25)7-8-20(19)26)12-24(30,15-31)17-5-3-2-4-6-17;1-19(2,3)26-17(23)21(4)16-10-11-22(12-15(16)20)18(24)25-13-14-8-6-5-7-9-14;;;;/h7-18,21-22,33-34H,19-20,23-26H2,1-6H3;6-14H,15-16H2,1-5H3;2-8,11-12,21-22,28,31H,9-10,13-15H2,1H3;5-9,15-16H,10-13H2,1-4H3;4*1H4/t33-,34+,38-;24-;21-,22+,24-;15-,16+;;;;/m1111..../s1. The summed E-state index contributed by atoms with van der Waals surface area (Å²) in [6, 6.07) is 52.8. The number of benzene rings is 8. The van der Waals surface area contributed by atoms with E-state index >= 15 is 8.78 Å². The van der Waals surface area contributed by atoms with Crippen LogP contribution in [0.1, 0.15) is 156 Å². The number of urea groups is 2. The molecule has 0 saturated carbocycles. The van der Waals surface area contributed by atoms with Crippen LogP contribution in [0.15, 0.2) is 224 Å². The Morgan fingerprint density at radius 2 is 0.761 bits per heavy atom. The van der Waals surface area contributed by atoms with E-state index in [0.717, 1.165) is 76.9 Å². The average molecular weight is 2030 g/mol. The van der Waals surface area contributed by atoms with Crippen LogP contribution < -0.4 is 5.32 Å². The summed E-state index contributed by atoms with van der Waals surface area (Å²) in [7, 11) is 0.0509. The number of hydrogen-bond donors (Lipinski definition) is 2. The van der Waals surface area contributed by atoms with Crippen LogP contribution in [0.4, 0.5) is 68.3 Å². The fraction of sp³-hybridized carbons (Fsp3) is 0.450. The molecule has 3 saturated heterocycles. The lowest BCUT2D eigenvalue weighted by molar-refractivity contribution is -0.00302. The number of carbonyl (C=O) groups is 6. The van der Waals surface area contributed by atoms with Gasteiger partial charge in [-0.2, -0.15) is 0 Å². The maximum Gasteiger partial charge on any atom is 0.410 e. The summed E-state index contributed by atoms with van der Waals surface area (Å²) >= 11 is 6.02. The van der Waals surface area contributed by atoms with Gasteiger partial charge < -0.3 is 72.7 Å². The average Bonchev–Trinajstić information content (AvgIpc) is 1.47. The van der Waals surface area contributed by atoms with Gasteiger partial charge in [0.1, 0.15) is 88.8 Å². The third-order valence-electron chi connectivity index (χ3n) is 27.2. The number of likely N-dealkylation sites (tertiary alicyclic amines) is 2. The lowest BCUT2D eigenvalue weighted by atomic mass is 9.89. The molecule has 21 nitrogen and oxygen atoms in total. The highest BCUT2D eigenvalue weighted by molar-refractivity contribution is 6.74. The van der Waals surface area contributed by atoms with E-state index in [0.29, 0.717) is 48.2 Å². The summed E-state index contributed by atoms with van der Waals surface area (Å²) in [6.07, 6.45) is 0.332. The van der Waals surface area contributed by atoms with Gasteiger partial charge in [0.15, 0.2) is 16.6 Å². The minimum Gasteiger partial charge on any atom is -0.445 e. The molecule has 14 rings (SSSR count). The normalized spacial score (nSPS) is 21.1. The van der Waals surface area contributed by atoms with E-state index in [2.05, 4.69) is 73.0 Å². The molecule has 0 unspecified atom stereocenters. The third-order valence-corrected chi connectivity index (χ3v) is 36.4. The first-order valence-electron chi connectivity index (χ1n) is 46.2. The molecule has 0 radical (unpaired) electrons. The number of aliphatic hydroxyl groups is 1. The van der Waals surface area contributed by atoms with Gasteiger partial charge in [-0.25, -0.2) is 63.5 Å². The van der Waals surface area contributed by atoms with Gasteiger partial charge in [0.25, 0.3) is 0 Å². The molecule has 8 aromatic carbocycles. The van der Waals surface area contributed by atoms with Crippen LogP contribution in [-0.2, 0) is 52.9 Å². The molecule has 8 aromatic rings. The minimum atomic E-state index is -2.38. The number of amides is 8. The second-order valence-electron chi connectivity index (χ2n) is 39.7. The second-order valence-corrected chi connectivity index (χ2v) is 49.6. The number of alkyl halides is 3. The van der Waals surface area contributed by atoms with Crippen LogP contribution in [0.2, 0.25) is 36.3 Å². The Morgan fingerprint density at radius 3 is 1.09 bits per heavy atom. The smallest absolute Gasteiger partial charge is 0.410 e. The van der Waals surface area contributed by atoms with Crippen molar-refractivity contribution in [3.05, 3.63) is 304 Å². The Hall–Kier alpha value is -11.3. The van der Waals surface area contributed by atoms with Crippen molar-refractivity contribution in [2.24, 2.45) is 0 Å². The molecule has 0 spiro atoms. The second kappa shape index (κ2) is 49.8. The van der Waals surface area contributed by atoms with Crippen LogP contribution in [0, 0.1) is 34.9 Å². The molecule has 0 bridgehead atoms. The largest absolute Gasteiger partial charge is 0.445 e. The van der Waals surface area contributed by atoms with Crippen molar-refractivity contribution >= 4 is 80.7 Å². The van der Waals surface area contributed by atoms with Gasteiger partial charge in [-0.3, -0.25) is 4.79 Å². The molecule has 774 valence electrons. The predicted molar refractivity (Wildman–Crippen MR) is 549 cm³/mol. The van der Waals surface area contributed by atoms with Gasteiger partial charge in [-0.1, -0.05) is 223 Å². The molecule has 6 aliphatic heterocycles. The number of ether oxygens (including phenoxy) is 3. The van der Waals surface area contributed by atoms with Crippen molar-refractivity contribution in [3.63, 3.8) is 0 Å². The number of nitrogens with zero attached hydrogens (tertiary/aromatic N) is 8. The molecular formula is C109H143ClF9N9O12Si2. The number of hydrogen-bond acceptors (Lipinski definition) is 13. The quantitative estimate of drug-likeness (QED) is 0.0240. The number of aliphatic hydroxyl groups excluding tert-OH is 1. The molecule has 6 aliphatic rings. The molecule has 2 N–H and O–H groups in total. The molecular weight excluding hydrogens is 1890 g/mol. The van der Waals surface area contributed by atoms with E-state index in [4.69, 9.17) is 34.7 Å². The topological polar surface area (TPSA) is 207 Å². The fourth-order valence-corrected chi connectivity index (χ4v) is 19.4. The summed E-state index contributed by atoms with van der Waals surface area (Å²) in [4.78, 5) is 89.0. The first kappa shape index (κ1) is 118. The number of piperidine rings is 3. The van der Waals surface area contributed by atoms with Crippen molar-refractivity contribution < 1.29 is 96.5 Å². The first-order chi connectivity index (χ1) is 65.0. The summed E-state index contributed by atoms with van der Waals surface area (Å²) in [5.41, 5.74) is 1.19. The monoisotopic (exact) mass is 2030 g/mol. The van der Waals surface area contributed by atoms with Crippen molar-refractivity contribution in [3.8, 4) is 0 Å². The van der Waals surface area contributed by atoms with Gasteiger partial charge in [0.2, 0.25) is 0 Å². The zero-order valence-corrected chi connectivity index (χ0v) is 83.9. The van der Waals surface area contributed by atoms with Gasteiger partial charge in [0, 0.05) is 77.1 Å². The van der Waals surface area contributed by atoms with Crippen LogP contribution >= 0.6 is 11.6 Å². The Bertz CT molecular complexity index is 5640. The van der Waals surface area contributed by atoms with Crippen LogP contribution in [0.5, 0.6) is 0 Å². The van der Waals surface area contributed by atoms with E-state index in [1.807, 2.05) is 121 Å². The van der Waals surface area contributed by atoms with Crippen molar-refractivity contribution in [1.29, 1.82) is 0 Å². The van der Waals surface area contributed by atoms with E-state index in [1.54, 1.807) is 88.3 Å². The maximum absolute atomic E-state index is 15.9. The van der Waals surface area contributed by atoms with Gasteiger partial charge in [-0.15, -0.1) is 0 Å². The van der Waals surface area contributed by atoms with Crippen LogP contribution in [0.25, 0.3) is 16.7 Å². The molecule has 33 heteroatoms. The zero-order valence-electron chi connectivity index (χ0n) is 81.1. The lowest BCUT2D eigenvalue weighted by Crippen LogP contribution is -2.60. The van der Waals surface area contributed by atoms with E-state index in [1.165, 1.54) is 41.3 Å². The minimum absolute atomic E-state index is 0. The highest BCUT2D eigenvalue weighted by atomic mass is 35.5. The van der Waals surface area contributed by atoms with Gasteiger partial charge in [-0.05, 0) is 212 Å². The van der Waals surface area contributed by atoms with Crippen molar-refractivity contribution in [2.75, 3.05) is 99.9 Å². The van der Waals surface area contributed by atoms with Crippen LogP contribution in [-0.4, -0.2) is 239 Å². The Labute approximate surface area is 840 Å². The number of carbonyl (C=O) groups excluding carboxylic acids is 6. The Kier molecular flexibility index (Phi) is 41.3. The number of rotatable bonds is 20. The zero-order chi connectivity index (χ0) is 101. The fourth-order valence-electron chi connectivity index (χ4n) is 17.1. The predicted octanol–water partition coefficient (Wildman–Crippen LogP) is 24.8. The molecule has 9 atom stereocenters. The molecule has 0 aliphatic carbocycles. The Balaban J connectivity index is 0.000000262. The van der Waals surface area contributed by atoms with Gasteiger partial charge >= 0.3 is 35.7 Å². The Morgan fingerprint density at radius 1 is 0.444 bits per heavy atom. The summed E-state index contributed by atoms with van der Waals surface area (Å²) in [5, 5.41) is 12.6. The number of nitrogens with one attached hydrogen (secondary N) is 1. The van der Waals surface area contributed by atoms with E-state index in [-0.39, 0.29) is 135 Å². The molecule has 142 heavy (non-hydrogen) atoms. The summed E-state index contributed by atoms with van der Waals surface area (Å²) in [5.74, 6) is -3.54. The maximum atomic E-state index is 15.9. The highest BCUT2D eigenvalue weighted by Gasteiger charge is 2.54. The summed E-state index contributed by atoms with van der Waals surface area (Å²) in [6.45, 7) is 27.4. The van der Waals surface area contributed by atoms with Crippen molar-refractivity contribution in [1.82, 2.24) is 44.5 Å². The lowest BCUT2D eigenvalue weighted by Gasteiger charge is -2.46. The molecule has 6 heterocycles. The molecule has 0 aromatic heterocycles. The highest BCUT2D eigenvalue weighted by Crippen LogP contribution is 2.49. The van der Waals surface area contributed by atoms with E-state index in [9.17, 15) is 64.6 Å². The van der Waals surface area contributed by atoms with Gasteiger partial charge in [0.05, 0.1) is 51.0 Å². The third kappa shape index (κ3) is 28.0. The molecule has 8 amide bonds. The van der Waals surface area contributed by atoms with Crippen LogP contribution in [0.3, 0.4) is 0 Å². The number of halogens is 10. The van der Waals surface area contributed by atoms with E-state index < -0.39 is 153 Å². The first-order valence-corrected chi connectivity index (χ1v) is 52.4. The van der Waals surface area contributed by atoms with Crippen molar-refractivity contribution in [2.45, 2.75) is 220 Å². The SMILES string of the molecule is C.C.C.C.CC(C)(C)[Si](C)(C)OC[C@@]1(c2ccccc2)C=C(c2cc(F)ccc2F)CN1C(=O)Cl.CN(C(=O)N1CC(c2cc(F)ccc2F)=C[C@@]1(CO)c1ccccc1)[C@H]1CCNC[C@H]1F.CN(C(=O)N1CC(c2cc(F)ccc2F)=C[C@@]1(CO[Si](C)(C)C(C)(C)C)c1ccccc1)[C@H]1CCN(C(=O)OCc2ccccc2)C[C@H]1F.CN(C(=O)OC(C)(C)C)[C@H]1CCN(C(=O)OCc2ccccc2)C[C@H]1F. The molecule has 3 fully saturated rings. The summed E-state index contributed by atoms with van der Waals surface area (Å²) < 4.78 is 161.